The standard InChI is InChI=1S/C33H33NO6/c1-33-23-16-26(28(33)27(23)33)40-29(20-11-7-4-8-12-20)31(35)34-17-21-13-14-25(38-2)30(22(21)15-24(34)32(36)37)39-18-19-9-5-3-6-10-19/h3-14,23-24,26-29H,15-18H2,1-2H3,(H,36,37)/t23?,24-,26-,27-,28+,29+,33-/m1/s1. The molecule has 1 unspecified atom stereocenters. The van der Waals surface area contributed by atoms with Crippen molar-refractivity contribution < 1.29 is 28.9 Å². The quantitative estimate of drug-likeness (QED) is 0.411. The Balaban J connectivity index is 1.19. The number of carbonyl (C=O) groups excluding carboxylic acids is 1. The van der Waals surface area contributed by atoms with Gasteiger partial charge in [-0.15, -0.1) is 0 Å². The Morgan fingerprint density at radius 3 is 2.35 bits per heavy atom. The number of carbonyl (C=O) groups is 2. The number of hydrogen-bond donors (Lipinski definition) is 1. The van der Waals surface area contributed by atoms with Gasteiger partial charge in [0.05, 0.1) is 13.2 Å². The number of aliphatic carboxylic acids is 1. The van der Waals surface area contributed by atoms with E-state index in [0.717, 1.165) is 34.6 Å². The Labute approximate surface area is 233 Å². The molecule has 2 bridgehead atoms. The van der Waals surface area contributed by atoms with Gasteiger partial charge in [0.2, 0.25) is 0 Å². The van der Waals surface area contributed by atoms with Gasteiger partial charge in [-0.1, -0.05) is 73.7 Å². The summed E-state index contributed by atoms with van der Waals surface area (Å²) >= 11 is 0. The molecule has 3 aromatic carbocycles. The molecule has 0 aromatic heterocycles. The fraction of sp³-hybridized carbons (Fsp3) is 0.394. The molecule has 7 heteroatoms. The largest absolute Gasteiger partial charge is 0.493 e. The first kappa shape index (κ1) is 25.1. The van der Waals surface area contributed by atoms with Crippen LogP contribution in [-0.2, 0) is 33.9 Å². The Morgan fingerprint density at radius 2 is 1.73 bits per heavy atom. The highest BCUT2D eigenvalue weighted by Crippen LogP contribution is 2.91. The first-order valence-corrected chi connectivity index (χ1v) is 14.0. The smallest absolute Gasteiger partial charge is 0.326 e. The zero-order valence-corrected chi connectivity index (χ0v) is 22.7. The number of methoxy groups -OCH3 is 1. The monoisotopic (exact) mass is 539 g/mol. The zero-order valence-electron chi connectivity index (χ0n) is 22.7. The lowest BCUT2D eigenvalue weighted by Crippen LogP contribution is -2.51. The van der Waals surface area contributed by atoms with Gasteiger partial charge in [0, 0.05) is 18.5 Å². The van der Waals surface area contributed by atoms with Gasteiger partial charge in [-0.2, -0.15) is 0 Å². The molecular formula is C33H33NO6. The van der Waals surface area contributed by atoms with Crippen molar-refractivity contribution in [1.82, 2.24) is 4.90 Å². The molecule has 0 radical (unpaired) electrons. The SMILES string of the molecule is COc1ccc2c(c1OCc1ccccc1)C[C@H](C(=O)O)N(C(=O)[C@@H](O[C@@H]1CC3[C@@H]4[C@H]1[C@]34C)c1ccccc1)C2. The molecule has 1 N–H and O–H groups in total. The summed E-state index contributed by atoms with van der Waals surface area (Å²) in [4.78, 5) is 28.3. The molecule has 5 aliphatic rings. The average molecular weight is 540 g/mol. The topological polar surface area (TPSA) is 85.3 Å². The minimum Gasteiger partial charge on any atom is -0.493 e. The number of rotatable bonds is 9. The van der Waals surface area contributed by atoms with Crippen LogP contribution in [0.2, 0.25) is 0 Å². The van der Waals surface area contributed by atoms with Crippen LogP contribution in [0.15, 0.2) is 72.8 Å². The molecule has 4 aliphatic carbocycles. The van der Waals surface area contributed by atoms with Gasteiger partial charge < -0.3 is 24.2 Å². The minimum atomic E-state index is -1.05. The van der Waals surface area contributed by atoms with E-state index >= 15 is 0 Å². The second-order valence-corrected chi connectivity index (χ2v) is 11.8. The van der Waals surface area contributed by atoms with Crippen molar-refractivity contribution in [3.05, 3.63) is 95.1 Å². The number of carboxylic acid groups (broad SMARTS) is 1. The summed E-state index contributed by atoms with van der Waals surface area (Å²) in [5.74, 6) is 1.68. The minimum absolute atomic E-state index is 0.0387. The molecule has 3 aromatic rings. The molecule has 1 heterocycles. The number of amides is 1. The van der Waals surface area contributed by atoms with Gasteiger partial charge in [0.1, 0.15) is 12.6 Å². The number of ether oxygens (including phenoxy) is 3. The predicted octanol–water partition coefficient (Wildman–Crippen LogP) is 5.02. The van der Waals surface area contributed by atoms with Crippen LogP contribution in [-0.4, -0.2) is 41.1 Å². The highest BCUT2D eigenvalue weighted by Gasteiger charge is 2.89. The zero-order chi connectivity index (χ0) is 27.6. The third-order valence-electron chi connectivity index (χ3n) is 9.81. The van der Waals surface area contributed by atoms with Crippen molar-refractivity contribution in [2.75, 3.05) is 7.11 Å². The van der Waals surface area contributed by atoms with Gasteiger partial charge in [-0.3, -0.25) is 4.79 Å². The van der Waals surface area contributed by atoms with E-state index in [1.54, 1.807) is 7.11 Å². The van der Waals surface area contributed by atoms with E-state index in [0.29, 0.717) is 35.4 Å². The Bertz CT molecular complexity index is 1450. The van der Waals surface area contributed by atoms with E-state index in [2.05, 4.69) is 6.92 Å². The Morgan fingerprint density at radius 1 is 1.02 bits per heavy atom. The number of nitrogens with zero attached hydrogens (tertiary/aromatic N) is 1. The summed E-state index contributed by atoms with van der Waals surface area (Å²) < 4.78 is 18.4. The van der Waals surface area contributed by atoms with Gasteiger partial charge >= 0.3 is 5.97 Å². The molecule has 7 nitrogen and oxygen atoms in total. The van der Waals surface area contributed by atoms with E-state index in [1.165, 1.54) is 4.90 Å². The molecule has 0 saturated heterocycles. The lowest BCUT2D eigenvalue weighted by molar-refractivity contribution is -0.160. The van der Waals surface area contributed by atoms with Crippen LogP contribution >= 0.6 is 0 Å². The van der Waals surface area contributed by atoms with Gasteiger partial charge in [0.25, 0.3) is 5.91 Å². The highest BCUT2D eigenvalue weighted by molar-refractivity contribution is 5.88. The van der Waals surface area contributed by atoms with Crippen LogP contribution < -0.4 is 9.47 Å². The number of hydrogen-bond acceptors (Lipinski definition) is 5. The molecule has 1 aliphatic heterocycles. The maximum absolute atomic E-state index is 14.2. The van der Waals surface area contributed by atoms with Gasteiger partial charge in [0.15, 0.2) is 17.6 Å². The summed E-state index contributed by atoms with van der Waals surface area (Å²) in [6.45, 7) is 2.80. The molecule has 1 amide bonds. The van der Waals surface area contributed by atoms with Crippen molar-refractivity contribution in [3.63, 3.8) is 0 Å². The predicted molar refractivity (Wildman–Crippen MR) is 147 cm³/mol. The van der Waals surface area contributed by atoms with Crippen molar-refractivity contribution in [2.24, 2.45) is 23.2 Å². The molecular weight excluding hydrogens is 506 g/mol. The average Bonchev–Trinajstić information content (AvgIpc) is 3.63. The van der Waals surface area contributed by atoms with Crippen LogP contribution in [0.5, 0.6) is 11.5 Å². The second-order valence-electron chi connectivity index (χ2n) is 11.8. The van der Waals surface area contributed by atoms with Crippen molar-refractivity contribution in [1.29, 1.82) is 0 Å². The molecule has 206 valence electrons. The lowest BCUT2D eigenvalue weighted by Gasteiger charge is -2.38. The lowest BCUT2D eigenvalue weighted by atomic mass is 9.91. The Kier molecular flexibility index (Phi) is 5.89. The fourth-order valence-electron chi connectivity index (χ4n) is 7.56. The van der Waals surface area contributed by atoms with Crippen LogP contribution in [0.3, 0.4) is 0 Å². The number of carboxylic acids is 1. The van der Waals surface area contributed by atoms with E-state index in [1.807, 2.05) is 72.8 Å². The van der Waals surface area contributed by atoms with E-state index < -0.39 is 18.1 Å². The van der Waals surface area contributed by atoms with Crippen molar-refractivity contribution in [2.45, 2.75) is 51.2 Å². The Hall–Kier alpha value is -3.84. The van der Waals surface area contributed by atoms with E-state index in [-0.39, 0.29) is 25.0 Å². The maximum atomic E-state index is 14.2. The molecule has 7 atom stereocenters. The van der Waals surface area contributed by atoms with Crippen LogP contribution in [0.25, 0.3) is 0 Å². The number of fused-ring (bicyclic) bond motifs is 2. The van der Waals surface area contributed by atoms with Gasteiger partial charge in [-0.25, -0.2) is 4.79 Å². The summed E-state index contributed by atoms with van der Waals surface area (Å²) in [5.41, 5.74) is 3.76. The summed E-state index contributed by atoms with van der Waals surface area (Å²) in [7, 11) is 1.57. The number of benzene rings is 3. The molecule has 40 heavy (non-hydrogen) atoms. The molecule has 0 spiro atoms. The van der Waals surface area contributed by atoms with E-state index in [4.69, 9.17) is 14.2 Å². The first-order chi connectivity index (χ1) is 19.4. The molecule has 4 saturated carbocycles. The normalized spacial score (nSPS) is 29.6. The summed E-state index contributed by atoms with van der Waals surface area (Å²) in [6, 6.07) is 21.9. The van der Waals surface area contributed by atoms with Crippen LogP contribution in [0, 0.1) is 23.2 Å². The van der Waals surface area contributed by atoms with Crippen LogP contribution in [0.1, 0.15) is 41.7 Å². The van der Waals surface area contributed by atoms with Crippen molar-refractivity contribution in [3.8, 4) is 11.5 Å². The van der Waals surface area contributed by atoms with Crippen LogP contribution in [0.4, 0.5) is 0 Å². The van der Waals surface area contributed by atoms with Gasteiger partial charge in [-0.05, 0) is 52.3 Å². The second kappa shape index (κ2) is 9.37. The molecule has 4 fully saturated rings. The third-order valence-corrected chi connectivity index (χ3v) is 9.81. The molecule has 8 rings (SSSR count). The third kappa shape index (κ3) is 3.90. The summed E-state index contributed by atoms with van der Waals surface area (Å²) in [6.07, 6.45) is 0.295. The first-order valence-electron chi connectivity index (χ1n) is 14.0. The maximum Gasteiger partial charge on any atom is 0.326 e. The highest BCUT2D eigenvalue weighted by atomic mass is 16.5. The summed E-state index contributed by atoms with van der Waals surface area (Å²) in [5, 5.41) is 10.3. The van der Waals surface area contributed by atoms with Crippen molar-refractivity contribution >= 4 is 11.9 Å². The fourth-order valence-corrected chi connectivity index (χ4v) is 7.56. The van der Waals surface area contributed by atoms with E-state index in [9.17, 15) is 14.7 Å².